The first-order chi connectivity index (χ1) is 14.1. The van der Waals surface area contributed by atoms with Crippen LogP contribution in [0.25, 0.3) is 11.3 Å². The third-order valence-corrected chi connectivity index (χ3v) is 6.39. The Labute approximate surface area is 173 Å². The molecule has 2 atom stereocenters. The molecule has 29 heavy (non-hydrogen) atoms. The van der Waals surface area contributed by atoms with Crippen LogP contribution in [0.5, 0.6) is 5.75 Å². The maximum atomic E-state index is 12.5. The molecule has 7 nitrogen and oxygen atoms in total. The van der Waals surface area contributed by atoms with Crippen LogP contribution in [0.3, 0.4) is 0 Å². The minimum atomic E-state index is -0.254. The Morgan fingerprint density at radius 2 is 1.83 bits per heavy atom. The Morgan fingerprint density at radius 1 is 1.17 bits per heavy atom. The SMILES string of the molecule is COc1ccc(-c2csc(NC(=O)CCN3C(=O)[C@H]4CCCC[C@@H]4C3=O)n2)cc1. The van der Waals surface area contributed by atoms with E-state index in [-0.39, 0.29) is 42.5 Å². The van der Waals surface area contributed by atoms with Gasteiger partial charge in [0.1, 0.15) is 5.75 Å². The third-order valence-electron chi connectivity index (χ3n) is 5.63. The maximum absolute atomic E-state index is 12.5. The Balaban J connectivity index is 1.33. The van der Waals surface area contributed by atoms with Crippen molar-refractivity contribution in [2.75, 3.05) is 19.0 Å². The summed E-state index contributed by atoms with van der Waals surface area (Å²) >= 11 is 1.34. The number of ether oxygens (including phenoxy) is 1. The van der Waals surface area contributed by atoms with Gasteiger partial charge in [-0.1, -0.05) is 12.8 Å². The second kappa shape index (κ2) is 8.32. The van der Waals surface area contributed by atoms with E-state index in [1.165, 1.54) is 16.2 Å². The number of rotatable bonds is 6. The lowest BCUT2D eigenvalue weighted by Crippen LogP contribution is -2.34. The molecule has 1 aromatic carbocycles. The highest BCUT2D eigenvalue weighted by atomic mass is 32.1. The standard InChI is InChI=1S/C21H23N3O4S/c1-28-14-8-6-13(7-9-14)17-12-29-21(22-17)23-18(25)10-11-24-19(26)15-4-2-3-5-16(15)20(24)27/h6-9,12,15-16H,2-5,10-11H2,1H3,(H,22,23,25)/t15-,16-/m0/s1. The molecule has 2 fully saturated rings. The average molecular weight is 413 g/mol. The number of benzene rings is 1. The molecule has 3 amide bonds. The number of aromatic nitrogens is 1. The van der Waals surface area contributed by atoms with Crippen molar-refractivity contribution in [1.29, 1.82) is 0 Å². The third kappa shape index (κ3) is 4.03. The van der Waals surface area contributed by atoms with Gasteiger partial charge in [-0.3, -0.25) is 19.3 Å². The van der Waals surface area contributed by atoms with E-state index in [4.69, 9.17) is 4.74 Å². The van der Waals surface area contributed by atoms with Crippen molar-refractivity contribution in [3.05, 3.63) is 29.6 Å². The van der Waals surface area contributed by atoms with Crippen molar-refractivity contribution in [3.8, 4) is 17.0 Å². The van der Waals surface area contributed by atoms with Crippen LogP contribution in [0.15, 0.2) is 29.6 Å². The number of hydrogen-bond donors (Lipinski definition) is 1. The lowest BCUT2D eigenvalue weighted by atomic mass is 9.81. The molecule has 1 aliphatic heterocycles. The highest BCUT2D eigenvalue weighted by molar-refractivity contribution is 7.14. The Kier molecular flexibility index (Phi) is 5.62. The largest absolute Gasteiger partial charge is 0.497 e. The van der Waals surface area contributed by atoms with Gasteiger partial charge in [-0.2, -0.15) is 0 Å². The average Bonchev–Trinajstić information content (AvgIpc) is 3.30. The maximum Gasteiger partial charge on any atom is 0.233 e. The molecule has 2 aliphatic rings. The van der Waals surface area contributed by atoms with Gasteiger partial charge in [-0.05, 0) is 37.1 Å². The number of nitrogens with one attached hydrogen (secondary N) is 1. The van der Waals surface area contributed by atoms with E-state index in [1.54, 1.807) is 7.11 Å². The van der Waals surface area contributed by atoms with E-state index in [1.807, 2.05) is 29.6 Å². The van der Waals surface area contributed by atoms with Gasteiger partial charge in [0.2, 0.25) is 17.7 Å². The molecule has 1 N–H and O–H groups in total. The van der Waals surface area contributed by atoms with Crippen LogP contribution in [0.1, 0.15) is 32.1 Å². The Bertz CT molecular complexity index is 900. The second-order valence-corrected chi connectivity index (χ2v) is 8.25. The highest BCUT2D eigenvalue weighted by Crippen LogP contribution is 2.38. The summed E-state index contributed by atoms with van der Waals surface area (Å²) in [7, 11) is 1.61. The molecule has 1 aromatic heterocycles. The first-order valence-corrected chi connectivity index (χ1v) is 10.7. The quantitative estimate of drug-likeness (QED) is 0.734. The minimum absolute atomic E-state index is 0.0777. The molecule has 1 saturated heterocycles. The normalized spacial score (nSPS) is 21.2. The Morgan fingerprint density at radius 3 is 2.45 bits per heavy atom. The van der Waals surface area contributed by atoms with Crippen molar-refractivity contribution in [2.45, 2.75) is 32.1 Å². The van der Waals surface area contributed by atoms with Crippen LogP contribution in [-0.4, -0.2) is 41.3 Å². The first kappa shape index (κ1) is 19.6. The fraction of sp³-hybridized carbons (Fsp3) is 0.429. The number of methoxy groups -OCH3 is 1. The predicted molar refractivity (Wildman–Crippen MR) is 110 cm³/mol. The van der Waals surface area contributed by atoms with Crippen LogP contribution >= 0.6 is 11.3 Å². The molecule has 0 spiro atoms. The lowest BCUT2D eigenvalue weighted by molar-refractivity contribution is -0.140. The van der Waals surface area contributed by atoms with Gasteiger partial charge in [0.05, 0.1) is 24.6 Å². The van der Waals surface area contributed by atoms with E-state index in [0.29, 0.717) is 5.13 Å². The number of imide groups is 1. The number of thiazole rings is 1. The fourth-order valence-electron chi connectivity index (χ4n) is 4.07. The highest BCUT2D eigenvalue weighted by Gasteiger charge is 2.47. The van der Waals surface area contributed by atoms with Gasteiger partial charge in [0.25, 0.3) is 0 Å². The summed E-state index contributed by atoms with van der Waals surface area (Å²) in [6, 6.07) is 7.52. The van der Waals surface area contributed by atoms with E-state index in [0.717, 1.165) is 42.7 Å². The van der Waals surface area contributed by atoms with Gasteiger partial charge in [0, 0.05) is 23.9 Å². The number of likely N-dealkylation sites (tertiary alicyclic amines) is 1. The van der Waals surface area contributed by atoms with Crippen molar-refractivity contribution in [2.24, 2.45) is 11.8 Å². The predicted octanol–water partition coefficient (Wildman–Crippen LogP) is 3.32. The van der Waals surface area contributed by atoms with Crippen LogP contribution in [0.4, 0.5) is 5.13 Å². The first-order valence-electron chi connectivity index (χ1n) is 9.82. The summed E-state index contributed by atoms with van der Waals surface area (Å²) in [6.07, 6.45) is 3.63. The van der Waals surface area contributed by atoms with Crippen molar-refractivity contribution >= 4 is 34.2 Å². The second-order valence-electron chi connectivity index (χ2n) is 7.39. The van der Waals surface area contributed by atoms with E-state index in [2.05, 4.69) is 10.3 Å². The fourth-order valence-corrected chi connectivity index (χ4v) is 4.81. The number of amides is 3. The van der Waals surface area contributed by atoms with E-state index < -0.39 is 0 Å². The summed E-state index contributed by atoms with van der Waals surface area (Å²) in [5.41, 5.74) is 1.69. The minimum Gasteiger partial charge on any atom is -0.497 e. The molecule has 4 rings (SSSR count). The van der Waals surface area contributed by atoms with Crippen LogP contribution in [0.2, 0.25) is 0 Å². The van der Waals surface area contributed by atoms with Gasteiger partial charge in [0.15, 0.2) is 5.13 Å². The van der Waals surface area contributed by atoms with Crippen LogP contribution in [-0.2, 0) is 14.4 Å². The molecular formula is C21H23N3O4S. The summed E-state index contributed by atoms with van der Waals surface area (Å²) in [6.45, 7) is 0.132. The molecule has 8 heteroatoms. The number of hydrogen-bond acceptors (Lipinski definition) is 6. The Hall–Kier alpha value is -2.74. The van der Waals surface area contributed by atoms with Crippen LogP contribution in [0, 0.1) is 11.8 Å². The molecule has 0 radical (unpaired) electrons. The van der Waals surface area contributed by atoms with Crippen molar-refractivity contribution in [1.82, 2.24) is 9.88 Å². The smallest absolute Gasteiger partial charge is 0.233 e. The van der Waals surface area contributed by atoms with E-state index in [9.17, 15) is 14.4 Å². The topological polar surface area (TPSA) is 88.6 Å². The summed E-state index contributed by atoms with van der Waals surface area (Å²) < 4.78 is 5.15. The molecule has 0 unspecified atom stereocenters. The van der Waals surface area contributed by atoms with Gasteiger partial charge < -0.3 is 10.1 Å². The van der Waals surface area contributed by atoms with Crippen LogP contribution < -0.4 is 10.1 Å². The number of fused-ring (bicyclic) bond motifs is 1. The molecule has 0 bridgehead atoms. The van der Waals surface area contributed by atoms with Gasteiger partial charge in [-0.25, -0.2) is 4.98 Å². The van der Waals surface area contributed by atoms with Crippen molar-refractivity contribution < 1.29 is 19.1 Å². The molecule has 2 aromatic rings. The molecule has 152 valence electrons. The zero-order valence-corrected chi connectivity index (χ0v) is 17.0. The number of carbonyl (C=O) groups excluding carboxylic acids is 3. The molecule has 2 heterocycles. The summed E-state index contributed by atoms with van der Waals surface area (Å²) in [5.74, 6) is -0.0535. The zero-order valence-electron chi connectivity index (χ0n) is 16.2. The molecule has 1 saturated carbocycles. The molecule has 1 aliphatic carbocycles. The molecular weight excluding hydrogens is 390 g/mol. The number of carbonyl (C=O) groups is 3. The number of anilines is 1. The zero-order chi connectivity index (χ0) is 20.4. The monoisotopic (exact) mass is 413 g/mol. The van der Waals surface area contributed by atoms with Gasteiger partial charge in [-0.15, -0.1) is 11.3 Å². The summed E-state index contributed by atoms with van der Waals surface area (Å²) in [4.78, 5) is 43.0. The summed E-state index contributed by atoms with van der Waals surface area (Å²) in [5, 5.41) is 5.13. The van der Waals surface area contributed by atoms with Gasteiger partial charge >= 0.3 is 0 Å². The van der Waals surface area contributed by atoms with Crippen molar-refractivity contribution in [3.63, 3.8) is 0 Å². The number of nitrogens with zero attached hydrogens (tertiary/aromatic N) is 2. The van der Waals surface area contributed by atoms with E-state index >= 15 is 0 Å². The lowest BCUT2D eigenvalue weighted by Gasteiger charge is -2.19.